The highest BCUT2D eigenvalue weighted by Gasteiger charge is 2.29. The summed E-state index contributed by atoms with van der Waals surface area (Å²) in [6, 6.07) is 7.90. The molecule has 4 heterocycles. The number of carbonyl (C=O) groups is 1. The summed E-state index contributed by atoms with van der Waals surface area (Å²) in [6.45, 7) is 7.29. The van der Waals surface area contributed by atoms with E-state index in [0.717, 1.165) is 33.5 Å². The van der Waals surface area contributed by atoms with Crippen LogP contribution in [0.25, 0.3) is 27.7 Å². The Morgan fingerprint density at radius 3 is 2.75 bits per heavy atom. The molecule has 2 aromatic heterocycles. The molecule has 166 valence electrons. The molecule has 1 N–H and O–H groups in total. The lowest BCUT2D eigenvalue weighted by atomic mass is 9.97. The van der Waals surface area contributed by atoms with Gasteiger partial charge in [0.25, 0.3) is 0 Å². The lowest BCUT2D eigenvalue weighted by Crippen LogP contribution is -2.39. The first-order valence-electron chi connectivity index (χ1n) is 10.9. The van der Waals surface area contributed by atoms with Crippen LogP contribution in [0.15, 0.2) is 36.5 Å². The van der Waals surface area contributed by atoms with Gasteiger partial charge in [-0.25, -0.2) is 14.2 Å². The quantitative estimate of drug-likeness (QED) is 0.561. The average molecular weight is 435 g/mol. The van der Waals surface area contributed by atoms with Crippen LogP contribution in [0, 0.1) is 5.82 Å². The minimum atomic E-state index is -0.521. The number of halogens is 1. The largest absolute Gasteiger partial charge is 0.444 e. The lowest BCUT2D eigenvalue weighted by Gasteiger charge is -2.29. The van der Waals surface area contributed by atoms with E-state index in [0.29, 0.717) is 37.3 Å². The molecular weight excluding hydrogens is 407 g/mol. The maximum absolute atomic E-state index is 15.1. The third-order valence-electron chi connectivity index (χ3n) is 6.04. The van der Waals surface area contributed by atoms with Crippen LogP contribution in [0.4, 0.5) is 14.9 Å². The summed E-state index contributed by atoms with van der Waals surface area (Å²) in [7, 11) is 2.03. The van der Waals surface area contributed by atoms with Crippen molar-refractivity contribution in [1.82, 2.24) is 14.9 Å². The first-order valence-corrected chi connectivity index (χ1v) is 10.9. The Morgan fingerprint density at radius 2 is 2.03 bits per heavy atom. The number of aromatic amines is 1. The number of nitrogens with one attached hydrogen (secondary N) is 1. The number of carbonyl (C=O) groups excluding carboxylic acids is 1. The predicted octanol–water partition coefficient (Wildman–Crippen LogP) is 5.34. The van der Waals surface area contributed by atoms with Crippen molar-refractivity contribution in [3.8, 4) is 11.1 Å². The molecular formula is C25H27FN4O2. The lowest BCUT2D eigenvalue weighted by molar-refractivity contribution is 0.0270. The minimum absolute atomic E-state index is 0.302. The second kappa shape index (κ2) is 7.36. The number of fused-ring (bicyclic) bond motifs is 2. The molecule has 0 aliphatic carbocycles. The Labute approximate surface area is 186 Å². The van der Waals surface area contributed by atoms with Gasteiger partial charge in [-0.15, -0.1) is 0 Å². The summed E-state index contributed by atoms with van der Waals surface area (Å²) in [6.07, 6.45) is 3.74. The van der Waals surface area contributed by atoms with Crippen molar-refractivity contribution in [2.45, 2.75) is 39.3 Å². The Kier molecular flexibility index (Phi) is 4.73. The molecule has 5 rings (SSSR count). The number of para-hydroxylation sites is 1. The highest BCUT2D eigenvalue weighted by molar-refractivity contribution is 6.03. The van der Waals surface area contributed by atoms with Crippen molar-refractivity contribution < 1.29 is 13.9 Å². The Morgan fingerprint density at radius 1 is 1.25 bits per heavy atom. The van der Waals surface area contributed by atoms with Crippen LogP contribution in [-0.2, 0) is 11.3 Å². The fourth-order valence-electron chi connectivity index (χ4n) is 4.62. The van der Waals surface area contributed by atoms with Crippen molar-refractivity contribution in [3.63, 3.8) is 0 Å². The highest BCUT2D eigenvalue weighted by atomic mass is 19.1. The van der Waals surface area contributed by atoms with Gasteiger partial charge >= 0.3 is 6.09 Å². The normalized spacial score (nSPS) is 16.0. The summed E-state index contributed by atoms with van der Waals surface area (Å²) < 4.78 is 20.6. The number of H-pyrrole nitrogens is 1. The third-order valence-corrected chi connectivity index (χ3v) is 6.04. The molecule has 3 aromatic rings. The average Bonchev–Trinajstić information content (AvgIpc) is 3.04. The van der Waals surface area contributed by atoms with E-state index < -0.39 is 5.60 Å². The summed E-state index contributed by atoms with van der Waals surface area (Å²) in [5.74, 6) is -0.319. The zero-order valence-electron chi connectivity index (χ0n) is 18.8. The van der Waals surface area contributed by atoms with Gasteiger partial charge in [0.1, 0.15) is 17.1 Å². The van der Waals surface area contributed by atoms with Crippen LogP contribution >= 0.6 is 0 Å². The van der Waals surface area contributed by atoms with E-state index in [1.54, 1.807) is 4.90 Å². The molecule has 0 radical (unpaired) electrons. The van der Waals surface area contributed by atoms with Gasteiger partial charge in [-0.1, -0.05) is 24.3 Å². The van der Waals surface area contributed by atoms with E-state index in [1.807, 2.05) is 52.1 Å². The van der Waals surface area contributed by atoms with E-state index in [2.05, 4.69) is 20.9 Å². The number of ether oxygens (including phenoxy) is 1. The molecule has 0 spiro atoms. The van der Waals surface area contributed by atoms with Gasteiger partial charge in [0, 0.05) is 60.1 Å². The van der Waals surface area contributed by atoms with E-state index in [1.165, 1.54) is 6.20 Å². The maximum atomic E-state index is 15.1. The van der Waals surface area contributed by atoms with E-state index in [4.69, 9.17) is 4.74 Å². The molecule has 0 fully saturated rings. The van der Waals surface area contributed by atoms with Gasteiger partial charge in [-0.3, -0.25) is 0 Å². The second-order valence-electron chi connectivity index (χ2n) is 9.46. The third kappa shape index (κ3) is 3.42. The Hall–Kier alpha value is -3.35. The number of benzene rings is 1. The monoisotopic (exact) mass is 434 g/mol. The summed E-state index contributed by atoms with van der Waals surface area (Å²) >= 11 is 0. The van der Waals surface area contributed by atoms with Crippen molar-refractivity contribution in [3.05, 3.63) is 53.6 Å². The summed E-state index contributed by atoms with van der Waals surface area (Å²) in [4.78, 5) is 24.1. The standard InChI is InChI=1S/C25H27FN4O2/c1-25(2,3)32-24(31)30-11-9-15(10-12-30)22-17-14-29(4)19-8-6-5-7-16(19)20-18(26)13-27-23(28-22)21(17)20/h5-9,13H,10-12,14H2,1-4H3,(H,27,28). The zero-order chi connectivity index (χ0) is 22.6. The maximum Gasteiger partial charge on any atom is 0.410 e. The van der Waals surface area contributed by atoms with E-state index in [9.17, 15) is 4.79 Å². The number of pyridine rings is 1. The SMILES string of the molecule is CN1Cc2c(C3=CCN(C(=O)OC(C)(C)C)CC3)[nH]c3ncc(F)c(c23)-c2ccccc21. The molecule has 32 heavy (non-hydrogen) atoms. The number of amides is 1. The van der Waals surface area contributed by atoms with E-state index in [-0.39, 0.29) is 11.9 Å². The van der Waals surface area contributed by atoms with Crippen LogP contribution in [0.5, 0.6) is 0 Å². The smallest absolute Gasteiger partial charge is 0.410 e. The van der Waals surface area contributed by atoms with Gasteiger partial charge in [-0.2, -0.15) is 0 Å². The fraction of sp³-hybridized carbons (Fsp3) is 0.360. The molecule has 7 heteroatoms. The zero-order valence-corrected chi connectivity index (χ0v) is 18.8. The summed E-state index contributed by atoms with van der Waals surface area (Å²) in [5.41, 5.74) is 5.76. The molecule has 0 atom stereocenters. The number of aromatic nitrogens is 2. The highest BCUT2D eigenvalue weighted by Crippen LogP contribution is 2.44. The Balaban J connectivity index is 1.56. The van der Waals surface area contributed by atoms with Gasteiger partial charge < -0.3 is 19.5 Å². The van der Waals surface area contributed by atoms with Crippen molar-refractivity contribution in [2.24, 2.45) is 0 Å². The van der Waals surface area contributed by atoms with Gasteiger partial charge in [0.05, 0.1) is 6.20 Å². The van der Waals surface area contributed by atoms with Crippen molar-refractivity contribution >= 4 is 28.4 Å². The van der Waals surface area contributed by atoms with Crippen molar-refractivity contribution in [1.29, 1.82) is 0 Å². The Bertz CT molecular complexity index is 1250. The van der Waals surface area contributed by atoms with Crippen LogP contribution < -0.4 is 4.90 Å². The molecule has 6 nitrogen and oxygen atoms in total. The van der Waals surface area contributed by atoms with Crippen LogP contribution in [0.3, 0.4) is 0 Å². The van der Waals surface area contributed by atoms with Gasteiger partial charge in [0.2, 0.25) is 0 Å². The van der Waals surface area contributed by atoms with Crippen LogP contribution in [0.2, 0.25) is 0 Å². The molecule has 0 bridgehead atoms. The first-order chi connectivity index (χ1) is 15.2. The molecule has 1 amide bonds. The topological polar surface area (TPSA) is 61.5 Å². The number of hydrogen-bond donors (Lipinski definition) is 1. The number of anilines is 1. The second-order valence-corrected chi connectivity index (χ2v) is 9.46. The molecule has 0 saturated carbocycles. The first kappa shape index (κ1) is 20.5. The van der Waals surface area contributed by atoms with Crippen LogP contribution in [-0.4, -0.2) is 46.7 Å². The molecule has 2 aliphatic heterocycles. The van der Waals surface area contributed by atoms with Crippen molar-refractivity contribution in [2.75, 3.05) is 25.0 Å². The summed E-state index contributed by atoms with van der Waals surface area (Å²) in [5, 5.41) is 0.840. The number of hydrogen-bond acceptors (Lipinski definition) is 4. The molecule has 0 unspecified atom stereocenters. The molecule has 0 saturated heterocycles. The minimum Gasteiger partial charge on any atom is -0.444 e. The fourth-order valence-corrected chi connectivity index (χ4v) is 4.62. The van der Waals surface area contributed by atoms with Gasteiger partial charge in [0.15, 0.2) is 0 Å². The number of nitrogens with zero attached hydrogens (tertiary/aromatic N) is 3. The molecule has 1 aromatic carbocycles. The molecule has 2 aliphatic rings. The van der Waals surface area contributed by atoms with E-state index >= 15 is 4.39 Å². The number of rotatable bonds is 1. The van der Waals surface area contributed by atoms with Crippen LogP contribution in [0.1, 0.15) is 38.4 Å². The predicted molar refractivity (Wildman–Crippen MR) is 124 cm³/mol. The van der Waals surface area contributed by atoms with Gasteiger partial charge in [-0.05, 0) is 38.8 Å².